The monoisotopic (exact) mass is 435 g/mol. The molecule has 0 saturated carbocycles. The van der Waals surface area contributed by atoms with Gasteiger partial charge in [-0.3, -0.25) is 4.79 Å². The van der Waals surface area contributed by atoms with Gasteiger partial charge in [-0.2, -0.15) is 8.78 Å². The van der Waals surface area contributed by atoms with E-state index in [-0.39, 0.29) is 27.9 Å². The number of carbonyl (C=O) groups excluding carboxylic acids is 2. The summed E-state index contributed by atoms with van der Waals surface area (Å²) in [5, 5.41) is 2.18. The molecule has 10 heteroatoms. The fraction of sp³-hybridized carbons (Fsp3) is 0.222. The van der Waals surface area contributed by atoms with Crippen LogP contribution in [0.25, 0.3) is 0 Å². The second-order valence-electron chi connectivity index (χ2n) is 5.44. The van der Waals surface area contributed by atoms with Gasteiger partial charge in [0.05, 0.1) is 15.6 Å². The van der Waals surface area contributed by atoms with Crippen molar-refractivity contribution in [3.05, 3.63) is 63.4 Å². The van der Waals surface area contributed by atoms with Crippen molar-refractivity contribution >= 4 is 35.1 Å². The quantitative estimate of drug-likeness (QED) is 0.497. The Morgan fingerprint density at radius 2 is 1.75 bits per heavy atom. The first-order chi connectivity index (χ1) is 13.3. The van der Waals surface area contributed by atoms with Gasteiger partial charge >= 0.3 is 12.6 Å². The molecule has 1 amide bonds. The number of rotatable bonds is 8. The predicted molar refractivity (Wildman–Crippen MR) is 96.5 cm³/mol. The molecule has 0 aliphatic heterocycles. The van der Waals surface area contributed by atoms with Gasteiger partial charge in [0.2, 0.25) is 0 Å². The zero-order valence-electron chi connectivity index (χ0n) is 14.2. The van der Waals surface area contributed by atoms with E-state index >= 15 is 0 Å². The molecule has 28 heavy (non-hydrogen) atoms. The minimum atomic E-state index is -2.90. The van der Waals surface area contributed by atoms with Crippen molar-refractivity contribution in [2.24, 2.45) is 0 Å². The van der Waals surface area contributed by atoms with Crippen LogP contribution in [-0.2, 0) is 16.0 Å². The first kappa shape index (κ1) is 21.8. The fourth-order valence-corrected chi connectivity index (χ4v) is 2.58. The van der Waals surface area contributed by atoms with Gasteiger partial charge in [0, 0.05) is 6.54 Å². The van der Waals surface area contributed by atoms with Crippen molar-refractivity contribution in [1.29, 1.82) is 0 Å². The molecule has 0 atom stereocenters. The SMILES string of the molecule is O=C(COC(=O)c1cc(F)c(Cl)cc1Cl)NCCc1ccc(OC(F)F)cc1. The van der Waals surface area contributed by atoms with E-state index in [1.54, 1.807) is 12.1 Å². The lowest BCUT2D eigenvalue weighted by Crippen LogP contribution is -2.30. The topological polar surface area (TPSA) is 64.6 Å². The summed E-state index contributed by atoms with van der Waals surface area (Å²) in [5.74, 6) is -2.35. The number of alkyl halides is 2. The van der Waals surface area contributed by atoms with Crippen LogP contribution >= 0.6 is 23.2 Å². The lowest BCUT2D eigenvalue weighted by Gasteiger charge is -2.09. The maximum absolute atomic E-state index is 13.4. The number of benzene rings is 2. The molecule has 0 heterocycles. The number of hydrogen-bond donors (Lipinski definition) is 1. The van der Waals surface area contributed by atoms with E-state index in [2.05, 4.69) is 10.1 Å². The summed E-state index contributed by atoms with van der Waals surface area (Å²) in [6.07, 6.45) is 0.420. The molecule has 0 spiro atoms. The Balaban J connectivity index is 1.75. The van der Waals surface area contributed by atoms with Crippen LogP contribution in [0.4, 0.5) is 13.2 Å². The first-order valence-corrected chi connectivity index (χ1v) is 8.64. The summed E-state index contributed by atoms with van der Waals surface area (Å²) in [6, 6.07) is 7.83. The highest BCUT2D eigenvalue weighted by Crippen LogP contribution is 2.24. The molecule has 2 rings (SSSR count). The maximum Gasteiger partial charge on any atom is 0.387 e. The Morgan fingerprint density at radius 3 is 2.39 bits per heavy atom. The zero-order valence-corrected chi connectivity index (χ0v) is 15.7. The van der Waals surface area contributed by atoms with Crippen LogP contribution < -0.4 is 10.1 Å². The Morgan fingerprint density at radius 1 is 1.07 bits per heavy atom. The molecular formula is C18H14Cl2F3NO4. The van der Waals surface area contributed by atoms with Crippen LogP contribution in [0.5, 0.6) is 5.75 Å². The van der Waals surface area contributed by atoms with Crippen LogP contribution in [0.2, 0.25) is 10.0 Å². The average molecular weight is 436 g/mol. The molecule has 150 valence electrons. The summed E-state index contributed by atoms with van der Waals surface area (Å²) >= 11 is 11.3. The Hall–Kier alpha value is -2.45. The van der Waals surface area contributed by atoms with Crippen molar-refractivity contribution in [2.45, 2.75) is 13.0 Å². The van der Waals surface area contributed by atoms with Crippen molar-refractivity contribution in [3.8, 4) is 5.75 Å². The van der Waals surface area contributed by atoms with Crippen molar-refractivity contribution in [3.63, 3.8) is 0 Å². The molecule has 0 radical (unpaired) electrons. The van der Waals surface area contributed by atoms with Gasteiger partial charge < -0.3 is 14.8 Å². The number of ether oxygens (including phenoxy) is 2. The Bertz CT molecular complexity index is 847. The molecule has 2 aromatic rings. The van der Waals surface area contributed by atoms with Crippen LogP contribution in [0.3, 0.4) is 0 Å². The average Bonchev–Trinajstić information content (AvgIpc) is 2.63. The minimum Gasteiger partial charge on any atom is -0.452 e. The lowest BCUT2D eigenvalue weighted by molar-refractivity contribution is -0.124. The van der Waals surface area contributed by atoms with E-state index in [1.807, 2.05) is 0 Å². The molecule has 0 aromatic heterocycles. The standard InChI is InChI=1S/C18H14Cl2F3NO4/c19-13-8-14(20)15(21)7-12(13)17(26)27-9-16(25)24-6-5-10-1-3-11(4-2-10)28-18(22)23/h1-4,7-8,18H,5-6,9H2,(H,24,25). The third kappa shape index (κ3) is 6.61. The molecule has 5 nitrogen and oxygen atoms in total. The van der Waals surface area contributed by atoms with E-state index in [9.17, 15) is 22.8 Å². The highest BCUT2D eigenvalue weighted by molar-refractivity contribution is 6.36. The molecule has 1 N–H and O–H groups in total. The van der Waals surface area contributed by atoms with Crippen LogP contribution in [0, 0.1) is 5.82 Å². The predicted octanol–water partition coefficient (Wildman–Crippen LogP) is 4.25. The van der Waals surface area contributed by atoms with Gasteiger partial charge in [0.15, 0.2) is 6.61 Å². The van der Waals surface area contributed by atoms with Crippen LogP contribution in [-0.4, -0.2) is 31.6 Å². The van der Waals surface area contributed by atoms with E-state index in [0.717, 1.165) is 17.7 Å². The summed E-state index contributed by atoms with van der Waals surface area (Å²) in [7, 11) is 0. The first-order valence-electron chi connectivity index (χ1n) is 7.88. The van der Waals surface area contributed by atoms with E-state index in [4.69, 9.17) is 27.9 Å². The number of esters is 1. The molecule has 2 aromatic carbocycles. The van der Waals surface area contributed by atoms with Crippen LogP contribution in [0.15, 0.2) is 36.4 Å². The molecule has 0 bridgehead atoms. The van der Waals surface area contributed by atoms with Gasteiger partial charge in [-0.05, 0) is 36.2 Å². The van der Waals surface area contributed by atoms with E-state index < -0.39 is 30.9 Å². The van der Waals surface area contributed by atoms with E-state index in [0.29, 0.717) is 6.42 Å². The third-order valence-electron chi connectivity index (χ3n) is 3.45. The number of nitrogens with one attached hydrogen (secondary N) is 1. The second kappa shape index (κ2) is 10.2. The van der Waals surface area contributed by atoms with Crippen molar-refractivity contribution in [2.75, 3.05) is 13.2 Å². The van der Waals surface area contributed by atoms with Crippen molar-refractivity contribution in [1.82, 2.24) is 5.32 Å². The summed E-state index contributed by atoms with van der Waals surface area (Å²) in [6.45, 7) is -3.25. The van der Waals surface area contributed by atoms with Gasteiger partial charge in [0.1, 0.15) is 11.6 Å². The fourth-order valence-electron chi connectivity index (χ4n) is 2.12. The van der Waals surface area contributed by atoms with Gasteiger partial charge in [0.25, 0.3) is 5.91 Å². The summed E-state index contributed by atoms with van der Waals surface area (Å²) in [4.78, 5) is 23.6. The minimum absolute atomic E-state index is 0.0343. The highest BCUT2D eigenvalue weighted by atomic mass is 35.5. The van der Waals surface area contributed by atoms with Gasteiger partial charge in [-0.25, -0.2) is 9.18 Å². The third-order valence-corrected chi connectivity index (χ3v) is 4.05. The van der Waals surface area contributed by atoms with Gasteiger partial charge in [-0.1, -0.05) is 35.3 Å². The smallest absolute Gasteiger partial charge is 0.387 e. The second-order valence-corrected chi connectivity index (χ2v) is 6.26. The van der Waals surface area contributed by atoms with Gasteiger partial charge in [-0.15, -0.1) is 0 Å². The molecule has 0 unspecified atom stereocenters. The molecule has 0 aliphatic rings. The molecule has 0 aliphatic carbocycles. The molecule has 0 saturated heterocycles. The molecular weight excluding hydrogens is 422 g/mol. The Labute approximate surface area is 168 Å². The number of halogens is 5. The normalized spacial score (nSPS) is 10.6. The lowest BCUT2D eigenvalue weighted by atomic mass is 10.1. The molecule has 0 fully saturated rings. The number of amides is 1. The summed E-state index contributed by atoms with van der Waals surface area (Å²) < 4.78 is 46.6. The van der Waals surface area contributed by atoms with Crippen molar-refractivity contribution < 1.29 is 32.2 Å². The Kier molecular flexibility index (Phi) is 7.95. The maximum atomic E-state index is 13.4. The number of hydrogen-bond acceptors (Lipinski definition) is 4. The van der Waals surface area contributed by atoms with Crippen LogP contribution in [0.1, 0.15) is 15.9 Å². The summed E-state index contributed by atoms with van der Waals surface area (Å²) in [5.41, 5.74) is 0.532. The number of carbonyl (C=O) groups is 2. The zero-order chi connectivity index (χ0) is 20.7. The highest BCUT2D eigenvalue weighted by Gasteiger charge is 2.16. The van der Waals surface area contributed by atoms with E-state index in [1.165, 1.54) is 12.1 Å². The largest absolute Gasteiger partial charge is 0.452 e.